The Kier molecular flexibility index (Phi) is 3.32. The van der Waals surface area contributed by atoms with Crippen LogP contribution in [-0.4, -0.2) is 18.0 Å². The standard InChI is InChI=1S/C6H9ClO2/c1-3-6(2,4-7)9-5-8/h3,5H,1,4H2,2H3. The molecule has 3 heteroatoms. The van der Waals surface area contributed by atoms with Crippen LogP contribution in [0, 0.1) is 0 Å². The second-order valence-electron chi connectivity index (χ2n) is 1.86. The Morgan fingerprint density at radius 3 is 2.56 bits per heavy atom. The lowest BCUT2D eigenvalue weighted by Gasteiger charge is -2.19. The number of carbonyl (C=O) groups is 1. The van der Waals surface area contributed by atoms with Crippen molar-refractivity contribution in [3.63, 3.8) is 0 Å². The van der Waals surface area contributed by atoms with Gasteiger partial charge in [-0.25, -0.2) is 0 Å². The number of halogens is 1. The van der Waals surface area contributed by atoms with Crippen LogP contribution in [0.15, 0.2) is 12.7 Å². The Balaban J connectivity index is 3.90. The van der Waals surface area contributed by atoms with Crippen LogP contribution >= 0.6 is 11.6 Å². The molecule has 0 saturated carbocycles. The van der Waals surface area contributed by atoms with Gasteiger partial charge < -0.3 is 4.74 Å². The van der Waals surface area contributed by atoms with Gasteiger partial charge in [0.05, 0.1) is 5.88 Å². The maximum Gasteiger partial charge on any atom is 0.293 e. The van der Waals surface area contributed by atoms with Crippen molar-refractivity contribution in [1.82, 2.24) is 0 Å². The topological polar surface area (TPSA) is 26.3 Å². The molecular weight excluding hydrogens is 140 g/mol. The van der Waals surface area contributed by atoms with Gasteiger partial charge in [-0.2, -0.15) is 0 Å². The summed E-state index contributed by atoms with van der Waals surface area (Å²) in [5.41, 5.74) is -0.705. The summed E-state index contributed by atoms with van der Waals surface area (Å²) in [6, 6.07) is 0. The Morgan fingerprint density at radius 1 is 1.89 bits per heavy atom. The number of alkyl halides is 1. The third kappa shape index (κ3) is 2.51. The molecule has 0 radical (unpaired) electrons. The van der Waals surface area contributed by atoms with Crippen LogP contribution in [-0.2, 0) is 9.53 Å². The van der Waals surface area contributed by atoms with E-state index in [9.17, 15) is 4.79 Å². The summed E-state index contributed by atoms with van der Waals surface area (Å²) in [7, 11) is 0. The summed E-state index contributed by atoms with van der Waals surface area (Å²) in [6.45, 7) is 5.50. The fourth-order valence-electron chi connectivity index (χ4n) is 0.244. The first kappa shape index (κ1) is 8.50. The van der Waals surface area contributed by atoms with E-state index in [2.05, 4.69) is 11.3 Å². The highest BCUT2D eigenvalue weighted by Crippen LogP contribution is 2.11. The van der Waals surface area contributed by atoms with Crippen molar-refractivity contribution < 1.29 is 9.53 Å². The molecule has 0 aromatic heterocycles. The van der Waals surface area contributed by atoms with Crippen LogP contribution in [0.5, 0.6) is 0 Å². The summed E-state index contributed by atoms with van der Waals surface area (Å²) < 4.78 is 4.60. The van der Waals surface area contributed by atoms with Crippen molar-refractivity contribution in [3.05, 3.63) is 12.7 Å². The van der Waals surface area contributed by atoms with Gasteiger partial charge in [0.25, 0.3) is 6.47 Å². The third-order valence-corrected chi connectivity index (χ3v) is 1.55. The summed E-state index contributed by atoms with van der Waals surface area (Å²) in [5.74, 6) is 0.231. The largest absolute Gasteiger partial charge is 0.456 e. The molecule has 0 bridgehead atoms. The van der Waals surface area contributed by atoms with Gasteiger partial charge in [0.2, 0.25) is 0 Å². The average Bonchev–Trinajstić information content (AvgIpc) is 1.89. The highest BCUT2D eigenvalue weighted by atomic mass is 35.5. The van der Waals surface area contributed by atoms with E-state index in [4.69, 9.17) is 11.6 Å². The molecule has 9 heavy (non-hydrogen) atoms. The molecule has 0 fully saturated rings. The summed E-state index contributed by atoms with van der Waals surface area (Å²) >= 11 is 5.43. The monoisotopic (exact) mass is 148 g/mol. The van der Waals surface area contributed by atoms with E-state index in [1.54, 1.807) is 6.92 Å². The minimum absolute atomic E-state index is 0.231. The smallest absolute Gasteiger partial charge is 0.293 e. The van der Waals surface area contributed by atoms with E-state index in [1.807, 2.05) is 0 Å². The zero-order chi connectivity index (χ0) is 7.33. The summed E-state index contributed by atoms with van der Waals surface area (Å²) in [4.78, 5) is 9.81. The van der Waals surface area contributed by atoms with E-state index in [1.165, 1.54) is 6.08 Å². The maximum absolute atomic E-state index is 9.81. The third-order valence-electron chi connectivity index (χ3n) is 1.01. The van der Waals surface area contributed by atoms with Crippen molar-refractivity contribution >= 4 is 18.1 Å². The van der Waals surface area contributed by atoms with Gasteiger partial charge in [-0.3, -0.25) is 4.79 Å². The number of ether oxygens (including phenoxy) is 1. The molecule has 0 saturated heterocycles. The van der Waals surface area contributed by atoms with Gasteiger partial charge >= 0.3 is 0 Å². The molecule has 1 atom stereocenters. The minimum atomic E-state index is -0.705. The highest BCUT2D eigenvalue weighted by Gasteiger charge is 2.18. The molecule has 0 aliphatic heterocycles. The molecule has 2 nitrogen and oxygen atoms in total. The van der Waals surface area contributed by atoms with Gasteiger partial charge in [-0.05, 0) is 13.0 Å². The van der Waals surface area contributed by atoms with E-state index in [0.29, 0.717) is 6.47 Å². The number of rotatable bonds is 4. The molecule has 0 aliphatic carbocycles. The van der Waals surface area contributed by atoms with Crippen LogP contribution in [0.4, 0.5) is 0 Å². The van der Waals surface area contributed by atoms with Gasteiger partial charge in [0.15, 0.2) is 0 Å². The SMILES string of the molecule is C=CC(C)(CCl)OC=O. The van der Waals surface area contributed by atoms with E-state index in [-0.39, 0.29) is 5.88 Å². The van der Waals surface area contributed by atoms with Crippen LogP contribution in [0.1, 0.15) is 6.92 Å². The molecule has 52 valence electrons. The average molecular weight is 149 g/mol. The molecular formula is C6H9ClO2. The predicted molar refractivity (Wildman–Crippen MR) is 36.5 cm³/mol. The fraction of sp³-hybridized carbons (Fsp3) is 0.500. The van der Waals surface area contributed by atoms with Gasteiger partial charge in [0.1, 0.15) is 5.60 Å². The summed E-state index contributed by atoms with van der Waals surface area (Å²) in [5, 5.41) is 0. The molecule has 0 spiro atoms. The van der Waals surface area contributed by atoms with E-state index < -0.39 is 5.60 Å². The van der Waals surface area contributed by atoms with Crippen molar-refractivity contribution in [2.45, 2.75) is 12.5 Å². The lowest BCUT2D eigenvalue weighted by atomic mass is 10.1. The van der Waals surface area contributed by atoms with Crippen molar-refractivity contribution in [3.8, 4) is 0 Å². The van der Waals surface area contributed by atoms with Crippen molar-refractivity contribution in [1.29, 1.82) is 0 Å². The molecule has 0 rings (SSSR count). The van der Waals surface area contributed by atoms with Crippen LogP contribution in [0.2, 0.25) is 0 Å². The van der Waals surface area contributed by atoms with Crippen molar-refractivity contribution in [2.75, 3.05) is 5.88 Å². The van der Waals surface area contributed by atoms with E-state index in [0.717, 1.165) is 0 Å². The first-order valence-electron chi connectivity index (χ1n) is 2.49. The normalized spacial score (nSPS) is 15.8. The molecule has 0 N–H and O–H groups in total. The molecule has 1 unspecified atom stereocenters. The van der Waals surface area contributed by atoms with Gasteiger partial charge in [-0.15, -0.1) is 11.6 Å². The highest BCUT2D eigenvalue weighted by molar-refractivity contribution is 6.18. The van der Waals surface area contributed by atoms with E-state index >= 15 is 0 Å². The molecule has 0 aromatic rings. The fourth-order valence-corrected chi connectivity index (χ4v) is 0.416. The second kappa shape index (κ2) is 3.51. The van der Waals surface area contributed by atoms with Crippen molar-refractivity contribution in [2.24, 2.45) is 0 Å². The molecule has 0 amide bonds. The first-order chi connectivity index (χ1) is 4.18. The Morgan fingerprint density at radius 2 is 2.44 bits per heavy atom. The zero-order valence-corrected chi connectivity index (χ0v) is 6.02. The quantitative estimate of drug-likeness (QED) is 0.342. The number of hydrogen-bond acceptors (Lipinski definition) is 2. The van der Waals surface area contributed by atoms with Crippen LogP contribution in [0.25, 0.3) is 0 Å². The second-order valence-corrected chi connectivity index (χ2v) is 2.13. The lowest BCUT2D eigenvalue weighted by molar-refractivity contribution is -0.136. The zero-order valence-electron chi connectivity index (χ0n) is 5.26. The first-order valence-corrected chi connectivity index (χ1v) is 3.03. The number of hydrogen-bond donors (Lipinski definition) is 0. The Bertz CT molecular complexity index is 114. The minimum Gasteiger partial charge on any atom is -0.456 e. The molecule has 0 aliphatic rings. The Labute approximate surface area is 59.5 Å². The summed E-state index contributed by atoms with van der Waals surface area (Å²) in [6.07, 6.45) is 1.49. The molecule has 0 heterocycles. The van der Waals surface area contributed by atoms with Crippen LogP contribution in [0.3, 0.4) is 0 Å². The number of carbonyl (C=O) groups excluding carboxylic acids is 1. The van der Waals surface area contributed by atoms with Gasteiger partial charge in [-0.1, -0.05) is 6.58 Å². The molecule has 0 aromatic carbocycles. The van der Waals surface area contributed by atoms with Gasteiger partial charge in [0, 0.05) is 0 Å². The predicted octanol–water partition coefficient (Wildman–Crippen LogP) is 1.34. The maximum atomic E-state index is 9.81. The lowest BCUT2D eigenvalue weighted by Crippen LogP contribution is -2.26. The Hall–Kier alpha value is -0.500. The van der Waals surface area contributed by atoms with Crippen LogP contribution < -0.4 is 0 Å².